The maximum Gasteiger partial charge on any atom is 0.231 e. The lowest BCUT2D eigenvalue weighted by molar-refractivity contribution is -0.117. The number of aryl methyl sites for hydroxylation is 2. The molecule has 0 fully saturated rings. The van der Waals surface area contributed by atoms with E-state index >= 15 is 0 Å². The molecule has 1 aromatic carbocycles. The normalized spacial score (nSPS) is 16.6. The van der Waals surface area contributed by atoms with Crippen molar-refractivity contribution in [2.24, 2.45) is 7.05 Å². The maximum absolute atomic E-state index is 12.8. The molecule has 1 aliphatic rings. The van der Waals surface area contributed by atoms with Crippen molar-refractivity contribution in [2.45, 2.75) is 32.1 Å². The Morgan fingerprint density at radius 3 is 3.08 bits per heavy atom. The molecule has 6 heteroatoms. The SMILES string of the molecule is Cc1nn(C)c2ncc(NC(=O)C3CCCc4c(O)cccc43)cc12. The Bertz CT molecular complexity index is 977. The number of hydrogen-bond donors (Lipinski definition) is 2. The molecule has 6 nitrogen and oxygen atoms in total. The number of fused-ring (bicyclic) bond motifs is 2. The highest BCUT2D eigenvalue weighted by atomic mass is 16.3. The summed E-state index contributed by atoms with van der Waals surface area (Å²) in [5.41, 5.74) is 4.17. The Morgan fingerprint density at radius 2 is 2.24 bits per heavy atom. The number of hydrogen-bond acceptors (Lipinski definition) is 4. The zero-order valence-corrected chi connectivity index (χ0v) is 14.3. The van der Waals surface area contributed by atoms with Gasteiger partial charge in [-0.25, -0.2) is 4.98 Å². The van der Waals surface area contributed by atoms with Crippen LogP contribution in [0.1, 0.15) is 35.6 Å². The molecule has 0 bridgehead atoms. The summed E-state index contributed by atoms with van der Waals surface area (Å²) in [6, 6.07) is 7.33. The van der Waals surface area contributed by atoms with Crippen LogP contribution in [0.4, 0.5) is 5.69 Å². The summed E-state index contributed by atoms with van der Waals surface area (Å²) in [5.74, 6) is -0.0279. The first-order valence-electron chi connectivity index (χ1n) is 8.45. The second kappa shape index (κ2) is 5.88. The number of rotatable bonds is 2. The van der Waals surface area contributed by atoms with Gasteiger partial charge in [0.25, 0.3) is 0 Å². The van der Waals surface area contributed by atoms with Crippen molar-refractivity contribution >= 4 is 22.6 Å². The highest BCUT2D eigenvalue weighted by molar-refractivity contribution is 5.97. The summed E-state index contributed by atoms with van der Waals surface area (Å²) in [7, 11) is 1.85. The third-order valence-corrected chi connectivity index (χ3v) is 4.93. The van der Waals surface area contributed by atoms with Gasteiger partial charge in [-0.15, -0.1) is 0 Å². The van der Waals surface area contributed by atoms with Crippen LogP contribution in [0.2, 0.25) is 0 Å². The number of anilines is 1. The van der Waals surface area contributed by atoms with Crippen molar-refractivity contribution < 1.29 is 9.90 Å². The van der Waals surface area contributed by atoms with Crippen LogP contribution in [0.15, 0.2) is 30.5 Å². The molecule has 0 spiro atoms. The van der Waals surface area contributed by atoms with E-state index in [0.717, 1.165) is 47.1 Å². The number of carbonyl (C=O) groups is 1. The number of aromatic nitrogens is 3. The summed E-state index contributed by atoms with van der Waals surface area (Å²) in [6.45, 7) is 1.93. The van der Waals surface area contributed by atoms with Gasteiger partial charge in [0.1, 0.15) is 5.75 Å². The maximum atomic E-state index is 12.8. The number of phenolic OH excluding ortho intramolecular Hbond substituents is 1. The lowest BCUT2D eigenvalue weighted by atomic mass is 9.82. The van der Waals surface area contributed by atoms with Crippen LogP contribution in [-0.2, 0) is 18.3 Å². The van der Waals surface area contributed by atoms with Gasteiger partial charge in [-0.2, -0.15) is 5.10 Å². The van der Waals surface area contributed by atoms with Crippen LogP contribution < -0.4 is 5.32 Å². The zero-order valence-electron chi connectivity index (χ0n) is 14.3. The molecule has 2 aromatic heterocycles. The smallest absolute Gasteiger partial charge is 0.231 e. The monoisotopic (exact) mass is 336 g/mol. The van der Waals surface area contributed by atoms with Gasteiger partial charge < -0.3 is 10.4 Å². The van der Waals surface area contributed by atoms with Gasteiger partial charge >= 0.3 is 0 Å². The molecule has 1 amide bonds. The molecular weight excluding hydrogens is 316 g/mol. The average molecular weight is 336 g/mol. The van der Waals surface area contributed by atoms with Crippen molar-refractivity contribution in [3.63, 3.8) is 0 Å². The van der Waals surface area contributed by atoms with Crippen molar-refractivity contribution in [2.75, 3.05) is 5.32 Å². The Labute approximate surface area is 145 Å². The van der Waals surface area contributed by atoms with Crippen LogP contribution in [0.3, 0.4) is 0 Å². The van der Waals surface area contributed by atoms with E-state index in [2.05, 4.69) is 15.4 Å². The molecule has 0 radical (unpaired) electrons. The molecule has 1 unspecified atom stereocenters. The summed E-state index contributed by atoms with van der Waals surface area (Å²) in [5, 5.41) is 18.3. The summed E-state index contributed by atoms with van der Waals surface area (Å²) >= 11 is 0. The van der Waals surface area contributed by atoms with E-state index in [1.165, 1.54) is 0 Å². The van der Waals surface area contributed by atoms with Crippen LogP contribution in [0.5, 0.6) is 5.75 Å². The molecular formula is C19H20N4O2. The second-order valence-electron chi connectivity index (χ2n) is 6.58. The standard InChI is InChI=1S/C19H20N4O2/c1-11-16-9-12(10-20-18(16)23(2)22-11)21-19(25)15-7-3-6-14-13(15)5-4-8-17(14)24/h4-5,8-10,15,24H,3,6-7H2,1-2H3,(H,21,25). The van der Waals surface area contributed by atoms with Gasteiger partial charge in [0.15, 0.2) is 5.65 Å². The van der Waals surface area contributed by atoms with Crippen LogP contribution >= 0.6 is 0 Å². The van der Waals surface area contributed by atoms with Crippen LogP contribution in [0, 0.1) is 6.92 Å². The van der Waals surface area contributed by atoms with Gasteiger partial charge in [0.05, 0.1) is 23.5 Å². The molecule has 1 aliphatic carbocycles. The third kappa shape index (κ3) is 2.63. The topological polar surface area (TPSA) is 80.0 Å². The number of amides is 1. The van der Waals surface area contributed by atoms with E-state index in [-0.39, 0.29) is 17.6 Å². The number of nitrogens with one attached hydrogen (secondary N) is 1. The van der Waals surface area contributed by atoms with E-state index in [9.17, 15) is 9.90 Å². The van der Waals surface area contributed by atoms with Gasteiger partial charge in [0, 0.05) is 12.4 Å². The average Bonchev–Trinajstić information content (AvgIpc) is 2.89. The van der Waals surface area contributed by atoms with E-state index < -0.39 is 0 Å². The first kappa shape index (κ1) is 15.6. The van der Waals surface area contributed by atoms with Gasteiger partial charge in [-0.1, -0.05) is 12.1 Å². The zero-order chi connectivity index (χ0) is 17.6. The van der Waals surface area contributed by atoms with Crippen LogP contribution in [0.25, 0.3) is 11.0 Å². The van der Waals surface area contributed by atoms with E-state index in [1.54, 1.807) is 23.0 Å². The minimum absolute atomic E-state index is 0.0609. The number of benzene rings is 1. The molecule has 2 heterocycles. The third-order valence-electron chi connectivity index (χ3n) is 4.93. The minimum Gasteiger partial charge on any atom is -0.508 e. The summed E-state index contributed by atoms with van der Waals surface area (Å²) in [6.07, 6.45) is 4.15. The van der Waals surface area contributed by atoms with Crippen molar-refractivity contribution in [3.05, 3.63) is 47.3 Å². The van der Waals surface area contributed by atoms with Crippen LogP contribution in [-0.4, -0.2) is 25.8 Å². The molecule has 0 aliphatic heterocycles. The Hall–Kier alpha value is -2.89. The summed E-state index contributed by atoms with van der Waals surface area (Å²) < 4.78 is 1.73. The second-order valence-corrected chi connectivity index (χ2v) is 6.58. The fourth-order valence-corrected chi connectivity index (χ4v) is 3.71. The highest BCUT2D eigenvalue weighted by Gasteiger charge is 2.28. The van der Waals surface area contributed by atoms with E-state index in [1.807, 2.05) is 26.1 Å². The quantitative estimate of drug-likeness (QED) is 0.754. The van der Waals surface area contributed by atoms with Crippen molar-refractivity contribution in [1.29, 1.82) is 0 Å². The number of nitrogens with zero attached hydrogens (tertiary/aromatic N) is 3. The number of pyridine rings is 1. The van der Waals surface area contributed by atoms with Crippen molar-refractivity contribution in [3.8, 4) is 5.75 Å². The molecule has 2 N–H and O–H groups in total. The molecule has 0 saturated heterocycles. The molecule has 0 saturated carbocycles. The number of phenols is 1. The first-order valence-corrected chi connectivity index (χ1v) is 8.45. The van der Waals surface area contributed by atoms with Gasteiger partial charge in [-0.3, -0.25) is 9.48 Å². The van der Waals surface area contributed by atoms with E-state index in [0.29, 0.717) is 5.69 Å². The molecule has 128 valence electrons. The number of carbonyl (C=O) groups excluding carboxylic acids is 1. The Balaban J connectivity index is 1.63. The molecule has 25 heavy (non-hydrogen) atoms. The fraction of sp³-hybridized carbons (Fsp3) is 0.316. The largest absolute Gasteiger partial charge is 0.508 e. The predicted octanol–water partition coefficient (Wildman–Crippen LogP) is 3.04. The molecule has 3 aromatic rings. The van der Waals surface area contributed by atoms with Crippen molar-refractivity contribution in [1.82, 2.24) is 14.8 Å². The van der Waals surface area contributed by atoms with Gasteiger partial charge in [0.2, 0.25) is 5.91 Å². The number of aromatic hydroxyl groups is 1. The van der Waals surface area contributed by atoms with Gasteiger partial charge in [-0.05, 0) is 49.4 Å². The summed E-state index contributed by atoms with van der Waals surface area (Å²) in [4.78, 5) is 17.2. The minimum atomic E-state index is -0.249. The molecule has 1 atom stereocenters. The Morgan fingerprint density at radius 1 is 1.40 bits per heavy atom. The predicted molar refractivity (Wildman–Crippen MR) is 95.7 cm³/mol. The fourth-order valence-electron chi connectivity index (χ4n) is 3.71. The lowest BCUT2D eigenvalue weighted by Gasteiger charge is -2.25. The molecule has 4 rings (SSSR count). The Kier molecular flexibility index (Phi) is 3.67. The lowest BCUT2D eigenvalue weighted by Crippen LogP contribution is -2.24. The van der Waals surface area contributed by atoms with E-state index in [4.69, 9.17) is 0 Å². The highest BCUT2D eigenvalue weighted by Crippen LogP contribution is 2.36. The first-order chi connectivity index (χ1) is 12.0.